The summed E-state index contributed by atoms with van der Waals surface area (Å²) in [7, 11) is 0. The molecule has 1 aromatic heterocycles. The number of carbonyl (C=O) groups excluding carboxylic acids is 1. The summed E-state index contributed by atoms with van der Waals surface area (Å²) in [5, 5.41) is 0. The minimum Gasteiger partial charge on any atom is -0.492 e. The summed E-state index contributed by atoms with van der Waals surface area (Å²) in [5.41, 5.74) is -0.00124. The predicted octanol–water partition coefficient (Wildman–Crippen LogP) is 2.45. The molecule has 0 N–H and O–H groups in total. The minimum absolute atomic E-state index is 0.192. The fraction of sp³-hybridized carbons (Fsp3) is 0.261. The summed E-state index contributed by atoms with van der Waals surface area (Å²) in [6, 6.07) is 16.6. The fourth-order valence-corrected chi connectivity index (χ4v) is 3.18. The number of likely N-dealkylation sites (N-methyl/N-ethyl adjacent to an activating group) is 1. The second-order valence-corrected chi connectivity index (χ2v) is 6.70. The van der Waals surface area contributed by atoms with Crippen LogP contribution in [0.1, 0.15) is 19.4 Å². The van der Waals surface area contributed by atoms with Crippen molar-refractivity contribution in [1.82, 2.24) is 14.0 Å². The first-order valence-electron chi connectivity index (χ1n) is 9.91. The third-order valence-corrected chi connectivity index (χ3v) is 4.74. The molecule has 0 atom stereocenters. The van der Waals surface area contributed by atoms with E-state index in [-0.39, 0.29) is 12.5 Å². The van der Waals surface area contributed by atoms with Crippen LogP contribution in [0.15, 0.2) is 76.6 Å². The standard InChI is InChI=1S/C23H25N3O4/c1-3-24(16-18-10-6-5-7-11-18)21(27)17-25-14-15-26(23(29)22(25)28)19-12-8-9-13-20(19)30-4-2/h5-15H,3-4,16-17H2,1-2H3. The highest BCUT2D eigenvalue weighted by Crippen LogP contribution is 2.20. The molecule has 0 saturated heterocycles. The van der Waals surface area contributed by atoms with E-state index in [1.807, 2.05) is 44.2 Å². The van der Waals surface area contributed by atoms with Gasteiger partial charge in [0.25, 0.3) is 0 Å². The normalized spacial score (nSPS) is 10.6. The average molecular weight is 407 g/mol. The van der Waals surface area contributed by atoms with E-state index in [4.69, 9.17) is 4.74 Å². The van der Waals surface area contributed by atoms with E-state index < -0.39 is 11.1 Å². The van der Waals surface area contributed by atoms with Gasteiger partial charge in [0.05, 0.1) is 12.3 Å². The zero-order valence-corrected chi connectivity index (χ0v) is 17.2. The van der Waals surface area contributed by atoms with Crippen LogP contribution in [0.25, 0.3) is 5.69 Å². The smallest absolute Gasteiger partial charge is 0.321 e. The SMILES string of the molecule is CCOc1ccccc1-n1ccn(CC(=O)N(CC)Cc2ccccc2)c(=O)c1=O. The largest absolute Gasteiger partial charge is 0.492 e. The Morgan fingerprint density at radius 2 is 1.63 bits per heavy atom. The maximum Gasteiger partial charge on any atom is 0.321 e. The van der Waals surface area contributed by atoms with E-state index in [1.54, 1.807) is 29.2 Å². The zero-order valence-electron chi connectivity index (χ0n) is 17.2. The number of hydrogen-bond acceptors (Lipinski definition) is 4. The highest BCUT2D eigenvalue weighted by Gasteiger charge is 2.16. The van der Waals surface area contributed by atoms with E-state index in [1.165, 1.54) is 17.0 Å². The molecule has 7 heteroatoms. The van der Waals surface area contributed by atoms with Crippen LogP contribution in [0.2, 0.25) is 0 Å². The molecule has 0 aliphatic rings. The number of amides is 1. The molecule has 3 aromatic rings. The Labute approximate surface area is 174 Å². The van der Waals surface area contributed by atoms with E-state index in [9.17, 15) is 14.4 Å². The summed E-state index contributed by atoms with van der Waals surface area (Å²) >= 11 is 0. The van der Waals surface area contributed by atoms with Crippen LogP contribution < -0.4 is 15.9 Å². The predicted molar refractivity (Wildman–Crippen MR) is 115 cm³/mol. The Kier molecular flexibility index (Phi) is 6.85. The molecule has 0 radical (unpaired) electrons. The van der Waals surface area contributed by atoms with Gasteiger partial charge in [0.15, 0.2) is 0 Å². The van der Waals surface area contributed by atoms with Crippen molar-refractivity contribution in [2.45, 2.75) is 26.9 Å². The van der Waals surface area contributed by atoms with Gasteiger partial charge in [-0.05, 0) is 31.5 Å². The van der Waals surface area contributed by atoms with Crippen LogP contribution in [0.4, 0.5) is 0 Å². The van der Waals surface area contributed by atoms with Crippen molar-refractivity contribution in [3.05, 3.63) is 93.3 Å². The summed E-state index contributed by atoms with van der Waals surface area (Å²) < 4.78 is 7.95. The molecule has 0 aliphatic heterocycles. The Morgan fingerprint density at radius 1 is 0.933 bits per heavy atom. The monoisotopic (exact) mass is 407 g/mol. The van der Waals surface area contributed by atoms with E-state index in [0.717, 1.165) is 10.1 Å². The summed E-state index contributed by atoms with van der Waals surface area (Å²) in [6.07, 6.45) is 2.95. The molecule has 0 fully saturated rings. The number of carbonyl (C=O) groups is 1. The van der Waals surface area contributed by atoms with E-state index in [2.05, 4.69) is 0 Å². The van der Waals surface area contributed by atoms with E-state index in [0.29, 0.717) is 31.1 Å². The molecule has 1 amide bonds. The number of ether oxygens (including phenoxy) is 1. The Balaban J connectivity index is 1.84. The lowest BCUT2D eigenvalue weighted by atomic mass is 10.2. The summed E-state index contributed by atoms with van der Waals surface area (Å²) in [5.74, 6) is 0.283. The Hall–Kier alpha value is -3.61. The van der Waals surface area contributed by atoms with Crippen LogP contribution in [-0.2, 0) is 17.9 Å². The minimum atomic E-state index is -0.757. The van der Waals surface area contributed by atoms with E-state index >= 15 is 0 Å². The Morgan fingerprint density at radius 3 is 2.33 bits per heavy atom. The molecular formula is C23H25N3O4. The van der Waals surface area contributed by atoms with Crippen LogP contribution in [-0.4, -0.2) is 33.1 Å². The van der Waals surface area contributed by atoms with Crippen LogP contribution >= 0.6 is 0 Å². The van der Waals surface area contributed by atoms with Crippen molar-refractivity contribution in [2.75, 3.05) is 13.2 Å². The third kappa shape index (κ3) is 4.68. The first-order valence-corrected chi connectivity index (χ1v) is 9.91. The van der Waals surface area contributed by atoms with Crippen LogP contribution in [0, 0.1) is 0 Å². The molecule has 7 nitrogen and oxygen atoms in total. The molecule has 0 aliphatic carbocycles. The van der Waals surface area contributed by atoms with Gasteiger partial charge < -0.3 is 9.64 Å². The number of rotatable bonds is 8. The van der Waals surface area contributed by atoms with Gasteiger partial charge in [0.1, 0.15) is 12.3 Å². The second kappa shape index (κ2) is 9.73. The van der Waals surface area contributed by atoms with Gasteiger partial charge in [-0.1, -0.05) is 42.5 Å². The second-order valence-electron chi connectivity index (χ2n) is 6.70. The highest BCUT2D eigenvalue weighted by molar-refractivity contribution is 5.76. The first kappa shape index (κ1) is 21.1. The number of nitrogens with zero attached hydrogens (tertiary/aromatic N) is 3. The molecule has 2 aromatic carbocycles. The lowest BCUT2D eigenvalue weighted by molar-refractivity contribution is -0.132. The maximum absolute atomic E-state index is 12.7. The number of benzene rings is 2. The molecule has 156 valence electrons. The van der Waals surface area contributed by atoms with Crippen molar-refractivity contribution < 1.29 is 9.53 Å². The van der Waals surface area contributed by atoms with Crippen molar-refractivity contribution in [2.24, 2.45) is 0 Å². The maximum atomic E-state index is 12.7. The van der Waals surface area contributed by atoms with Crippen molar-refractivity contribution in [1.29, 1.82) is 0 Å². The van der Waals surface area contributed by atoms with Crippen molar-refractivity contribution >= 4 is 5.91 Å². The van der Waals surface area contributed by atoms with Gasteiger partial charge in [-0.15, -0.1) is 0 Å². The number of para-hydroxylation sites is 2. The fourth-order valence-electron chi connectivity index (χ4n) is 3.18. The topological polar surface area (TPSA) is 73.5 Å². The van der Waals surface area contributed by atoms with Gasteiger partial charge >= 0.3 is 11.1 Å². The lowest BCUT2D eigenvalue weighted by Crippen LogP contribution is -2.43. The summed E-state index contributed by atoms with van der Waals surface area (Å²) in [4.78, 5) is 39.8. The zero-order chi connectivity index (χ0) is 21.5. The van der Waals surface area contributed by atoms with Gasteiger partial charge in [-0.3, -0.25) is 23.5 Å². The molecule has 3 rings (SSSR count). The molecular weight excluding hydrogens is 382 g/mol. The van der Waals surface area contributed by atoms with Crippen molar-refractivity contribution in [3.8, 4) is 11.4 Å². The average Bonchev–Trinajstić information content (AvgIpc) is 2.77. The highest BCUT2D eigenvalue weighted by atomic mass is 16.5. The summed E-state index contributed by atoms with van der Waals surface area (Å²) in [6.45, 7) is 4.92. The molecule has 30 heavy (non-hydrogen) atoms. The van der Waals surface area contributed by atoms with Gasteiger partial charge in [0, 0.05) is 25.5 Å². The number of aromatic nitrogens is 2. The Bertz CT molecular complexity index is 1120. The van der Waals surface area contributed by atoms with Gasteiger partial charge in [-0.2, -0.15) is 0 Å². The quantitative estimate of drug-likeness (QED) is 0.538. The van der Waals surface area contributed by atoms with Gasteiger partial charge in [-0.25, -0.2) is 0 Å². The molecule has 0 bridgehead atoms. The van der Waals surface area contributed by atoms with Gasteiger partial charge in [0.2, 0.25) is 5.91 Å². The van der Waals surface area contributed by atoms with Crippen LogP contribution in [0.3, 0.4) is 0 Å². The number of hydrogen-bond donors (Lipinski definition) is 0. The molecule has 0 spiro atoms. The third-order valence-electron chi connectivity index (χ3n) is 4.74. The lowest BCUT2D eigenvalue weighted by Gasteiger charge is -2.21. The van der Waals surface area contributed by atoms with Crippen LogP contribution in [0.5, 0.6) is 5.75 Å². The van der Waals surface area contributed by atoms with Crippen molar-refractivity contribution in [3.63, 3.8) is 0 Å². The molecule has 0 unspecified atom stereocenters. The molecule has 1 heterocycles. The first-order chi connectivity index (χ1) is 14.5. The molecule has 0 saturated carbocycles.